The Morgan fingerprint density at radius 1 is 1.33 bits per heavy atom. The van der Waals surface area contributed by atoms with Gasteiger partial charge >= 0.3 is 6.03 Å². The topological polar surface area (TPSA) is 61.4 Å². The molecular formula is C16H29N3O2. The normalized spacial score (nSPS) is 30.1. The molecule has 120 valence electrons. The van der Waals surface area contributed by atoms with Gasteiger partial charge in [0.1, 0.15) is 0 Å². The van der Waals surface area contributed by atoms with E-state index in [1.807, 2.05) is 0 Å². The van der Waals surface area contributed by atoms with Gasteiger partial charge in [0.2, 0.25) is 5.91 Å². The molecule has 0 aromatic heterocycles. The van der Waals surface area contributed by atoms with Crippen LogP contribution in [-0.2, 0) is 4.79 Å². The maximum atomic E-state index is 11.5. The molecule has 1 saturated heterocycles. The lowest BCUT2D eigenvalue weighted by atomic mass is 9.74. The first-order chi connectivity index (χ1) is 9.99. The fourth-order valence-corrected chi connectivity index (χ4v) is 3.64. The summed E-state index contributed by atoms with van der Waals surface area (Å²) in [5.41, 5.74) is 0. The van der Waals surface area contributed by atoms with Crippen LogP contribution in [0.25, 0.3) is 0 Å². The number of hydrogen-bond acceptors (Lipinski definition) is 3. The maximum Gasteiger partial charge on any atom is 0.324 e. The number of hydrogen-bond donors (Lipinski definition) is 2. The van der Waals surface area contributed by atoms with Gasteiger partial charge in [0, 0.05) is 12.6 Å². The Labute approximate surface area is 127 Å². The first-order valence-corrected chi connectivity index (χ1v) is 8.30. The third-order valence-corrected chi connectivity index (χ3v) is 4.92. The minimum absolute atomic E-state index is 0.105. The van der Waals surface area contributed by atoms with Crippen LogP contribution in [-0.4, -0.2) is 42.5 Å². The lowest BCUT2D eigenvalue weighted by Gasteiger charge is -2.38. The highest BCUT2D eigenvalue weighted by Crippen LogP contribution is 2.33. The number of amides is 3. The number of urea groups is 1. The summed E-state index contributed by atoms with van der Waals surface area (Å²) in [7, 11) is 0. The monoisotopic (exact) mass is 295 g/mol. The predicted molar refractivity (Wildman–Crippen MR) is 82.9 cm³/mol. The number of nitrogens with one attached hydrogen (secondary N) is 2. The van der Waals surface area contributed by atoms with E-state index in [0.29, 0.717) is 18.5 Å². The molecule has 2 fully saturated rings. The van der Waals surface area contributed by atoms with Crippen molar-refractivity contribution in [1.82, 2.24) is 15.5 Å². The van der Waals surface area contributed by atoms with Crippen molar-refractivity contribution in [2.45, 2.75) is 52.5 Å². The van der Waals surface area contributed by atoms with Crippen LogP contribution in [0, 0.1) is 17.8 Å². The molecule has 0 aromatic rings. The smallest absolute Gasteiger partial charge is 0.324 e. The molecule has 1 saturated carbocycles. The van der Waals surface area contributed by atoms with E-state index in [1.165, 1.54) is 24.2 Å². The average Bonchev–Trinajstić information content (AvgIpc) is 2.74. The van der Waals surface area contributed by atoms with Crippen molar-refractivity contribution in [1.29, 1.82) is 0 Å². The van der Waals surface area contributed by atoms with Crippen LogP contribution in [0.2, 0.25) is 0 Å². The summed E-state index contributed by atoms with van der Waals surface area (Å²) < 4.78 is 0. The van der Waals surface area contributed by atoms with Crippen molar-refractivity contribution < 1.29 is 9.59 Å². The molecule has 3 atom stereocenters. The summed E-state index contributed by atoms with van der Waals surface area (Å²) in [5, 5.41) is 6.22. The quantitative estimate of drug-likeness (QED) is 0.582. The van der Waals surface area contributed by atoms with E-state index in [1.54, 1.807) is 0 Å². The molecule has 1 aliphatic carbocycles. The van der Waals surface area contributed by atoms with E-state index in [9.17, 15) is 9.59 Å². The van der Waals surface area contributed by atoms with Crippen molar-refractivity contribution >= 4 is 11.9 Å². The molecule has 5 heteroatoms. The van der Waals surface area contributed by atoms with Gasteiger partial charge in [-0.2, -0.15) is 0 Å². The third-order valence-electron chi connectivity index (χ3n) is 4.92. The second kappa shape index (κ2) is 7.25. The molecule has 1 heterocycles. The summed E-state index contributed by atoms with van der Waals surface area (Å²) in [6.45, 7) is 8.50. The van der Waals surface area contributed by atoms with E-state index >= 15 is 0 Å². The Bertz CT molecular complexity index is 368. The number of imide groups is 1. The van der Waals surface area contributed by atoms with Crippen LogP contribution in [0.5, 0.6) is 0 Å². The van der Waals surface area contributed by atoms with Crippen molar-refractivity contribution in [3.05, 3.63) is 0 Å². The summed E-state index contributed by atoms with van der Waals surface area (Å²) in [6.07, 6.45) is 4.72. The molecule has 21 heavy (non-hydrogen) atoms. The summed E-state index contributed by atoms with van der Waals surface area (Å²) in [4.78, 5) is 24.3. The second-order valence-corrected chi connectivity index (χ2v) is 6.94. The van der Waals surface area contributed by atoms with Crippen LogP contribution in [0.1, 0.15) is 46.5 Å². The second-order valence-electron chi connectivity index (χ2n) is 6.94. The van der Waals surface area contributed by atoms with Crippen molar-refractivity contribution in [2.75, 3.05) is 19.6 Å². The Morgan fingerprint density at radius 3 is 2.71 bits per heavy atom. The van der Waals surface area contributed by atoms with E-state index in [4.69, 9.17) is 0 Å². The van der Waals surface area contributed by atoms with E-state index in [0.717, 1.165) is 24.8 Å². The lowest BCUT2D eigenvalue weighted by molar-refractivity contribution is -0.125. The molecule has 5 nitrogen and oxygen atoms in total. The maximum absolute atomic E-state index is 11.5. The van der Waals surface area contributed by atoms with E-state index in [-0.39, 0.29) is 18.5 Å². The summed E-state index contributed by atoms with van der Waals surface area (Å²) in [6, 6.07) is 0.336. The Hall–Kier alpha value is -1.10. The van der Waals surface area contributed by atoms with Gasteiger partial charge in [-0.3, -0.25) is 9.69 Å². The van der Waals surface area contributed by atoms with Crippen molar-refractivity contribution in [3.8, 4) is 0 Å². The molecule has 2 aliphatic rings. The zero-order valence-electron chi connectivity index (χ0n) is 13.5. The van der Waals surface area contributed by atoms with Gasteiger partial charge in [-0.15, -0.1) is 0 Å². The number of rotatable bonds is 6. The van der Waals surface area contributed by atoms with Crippen LogP contribution in [0.4, 0.5) is 4.79 Å². The lowest BCUT2D eigenvalue weighted by Crippen LogP contribution is -2.44. The third kappa shape index (κ3) is 4.19. The van der Waals surface area contributed by atoms with Gasteiger partial charge < -0.3 is 10.6 Å². The van der Waals surface area contributed by atoms with Crippen LogP contribution in [0.15, 0.2) is 0 Å². The first-order valence-electron chi connectivity index (χ1n) is 8.30. The van der Waals surface area contributed by atoms with Gasteiger partial charge in [-0.05, 0) is 43.6 Å². The Morgan fingerprint density at radius 2 is 2.10 bits per heavy atom. The summed E-state index contributed by atoms with van der Waals surface area (Å²) in [5.74, 6) is 2.15. The van der Waals surface area contributed by atoms with Crippen molar-refractivity contribution in [3.63, 3.8) is 0 Å². The molecule has 0 radical (unpaired) electrons. The highest BCUT2D eigenvalue weighted by Gasteiger charge is 2.31. The van der Waals surface area contributed by atoms with Crippen molar-refractivity contribution in [2.24, 2.45) is 17.8 Å². The zero-order valence-corrected chi connectivity index (χ0v) is 13.5. The molecule has 3 amide bonds. The van der Waals surface area contributed by atoms with Gasteiger partial charge in [0.25, 0.3) is 0 Å². The number of nitrogens with zero attached hydrogens (tertiary/aromatic N) is 1. The molecule has 1 aliphatic heterocycles. The van der Waals surface area contributed by atoms with Gasteiger partial charge in [0.05, 0.1) is 6.54 Å². The molecule has 2 N–H and O–H groups in total. The van der Waals surface area contributed by atoms with Crippen LogP contribution in [0.3, 0.4) is 0 Å². The van der Waals surface area contributed by atoms with Gasteiger partial charge in [-0.1, -0.05) is 27.2 Å². The number of carbonyl (C=O) groups excluding carboxylic acids is 2. The SMILES string of the molecule is CC1CCC(C(C)C)C(NCCCN2C(=O)CNC2=O)C1. The highest BCUT2D eigenvalue weighted by atomic mass is 16.2. The zero-order chi connectivity index (χ0) is 15.4. The first kappa shape index (κ1) is 16.3. The fourth-order valence-electron chi connectivity index (χ4n) is 3.64. The molecular weight excluding hydrogens is 266 g/mol. The standard InChI is InChI=1S/C16H29N3O2/c1-11(2)13-6-5-12(3)9-14(13)17-7-4-8-19-15(20)10-18-16(19)21/h11-14,17H,4-10H2,1-3H3,(H,18,21). The van der Waals surface area contributed by atoms with Crippen LogP contribution < -0.4 is 10.6 Å². The molecule has 0 bridgehead atoms. The van der Waals surface area contributed by atoms with Gasteiger partial charge in [-0.25, -0.2) is 4.79 Å². The molecule has 0 aromatic carbocycles. The number of carbonyl (C=O) groups is 2. The minimum atomic E-state index is -0.244. The predicted octanol–water partition coefficient (Wildman–Crippen LogP) is 1.98. The highest BCUT2D eigenvalue weighted by molar-refractivity contribution is 6.01. The van der Waals surface area contributed by atoms with Gasteiger partial charge in [0.15, 0.2) is 0 Å². The average molecular weight is 295 g/mol. The van der Waals surface area contributed by atoms with E-state index in [2.05, 4.69) is 31.4 Å². The molecule has 0 spiro atoms. The Balaban J connectivity index is 1.73. The molecule has 3 unspecified atom stereocenters. The fraction of sp³-hybridized carbons (Fsp3) is 0.875. The largest absolute Gasteiger partial charge is 0.329 e. The Kier molecular flexibility index (Phi) is 5.62. The minimum Gasteiger partial charge on any atom is -0.329 e. The molecule has 2 rings (SSSR count). The summed E-state index contributed by atoms with van der Waals surface area (Å²) >= 11 is 0. The van der Waals surface area contributed by atoms with Crippen LogP contribution >= 0.6 is 0 Å². The van der Waals surface area contributed by atoms with E-state index < -0.39 is 0 Å².